The number of para-hydroxylation sites is 1. The number of primary amides is 1. The van der Waals surface area contributed by atoms with Gasteiger partial charge in [0.1, 0.15) is 0 Å². The number of aromatic nitrogens is 1. The van der Waals surface area contributed by atoms with Crippen LogP contribution in [0.1, 0.15) is 17.3 Å². The Morgan fingerprint density at radius 2 is 2.00 bits per heavy atom. The van der Waals surface area contributed by atoms with Crippen molar-refractivity contribution in [3.63, 3.8) is 0 Å². The molecule has 0 bridgehead atoms. The van der Waals surface area contributed by atoms with Crippen LogP contribution in [0, 0.1) is 0 Å². The van der Waals surface area contributed by atoms with E-state index in [0.29, 0.717) is 42.4 Å². The first-order chi connectivity index (χ1) is 11.6. The van der Waals surface area contributed by atoms with Gasteiger partial charge in [-0.05, 0) is 19.1 Å². The molecule has 0 unspecified atom stereocenters. The van der Waals surface area contributed by atoms with Crippen molar-refractivity contribution in [3.05, 3.63) is 35.9 Å². The summed E-state index contributed by atoms with van der Waals surface area (Å²) in [4.78, 5) is 30.6. The molecule has 0 saturated carbocycles. The second-order valence-electron chi connectivity index (χ2n) is 5.59. The minimum absolute atomic E-state index is 0.0545. The third-order valence-corrected chi connectivity index (χ3v) is 4.93. The number of pyridine rings is 1. The van der Waals surface area contributed by atoms with E-state index in [0.717, 1.165) is 5.39 Å². The summed E-state index contributed by atoms with van der Waals surface area (Å²) in [5.41, 5.74) is 6.61. The summed E-state index contributed by atoms with van der Waals surface area (Å²) in [6.07, 6.45) is 0. The van der Waals surface area contributed by atoms with Gasteiger partial charge in [-0.15, -0.1) is 0 Å². The van der Waals surface area contributed by atoms with E-state index in [9.17, 15) is 9.59 Å². The zero-order valence-electron chi connectivity index (χ0n) is 13.4. The number of hydrogen-bond donors (Lipinski definition) is 1. The summed E-state index contributed by atoms with van der Waals surface area (Å²) in [7, 11) is 0. The largest absolute Gasteiger partial charge is 0.378 e. The van der Waals surface area contributed by atoms with Gasteiger partial charge in [-0.25, -0.2) is 4.98 Å². The molecule has 6 nitrogen and oxygen atoms in total. The molecule has 3 rings (SSSR count). The Morgan fingerprint density at radius 1 is 1.29 bits per heavy atom. The summed E-state index contributed by atoms with van der Waals surface area (Å²) in [6.45, 7) is 4.22. The lowest BCUT2D eigenvalue weighted by Crippen LogP contribution is -2.44. The molecule has 24 heavy (non-hydrogen) atoms. The summed E-state index contributed by atoms with van der Waals surface area (Å²) in [5, 5.41) is 1.05. The SMILES string of the molecule is C[C@H](Sc1cc(C(N)=O)c2ccccc2n1)C(=O)N1CCOCC1. The molecule has 0 radical (unpaired) electrons. The molecule has 0 aliphatic carbocycles. The molecule has 1 aromatic heterocycles. The van der Waals surface area contributed by atoms with Gasteiger partial charge in [0, 0.05) is 18.5 Å². The Balaban J connectivity index is 1.84. The van der Waals surface area contributed by atoms with Crippen molar-refractivity contribution >= 4 is 34.5 Å². The maximum absolute atomic E-state index is 12.5. The fourth-order valence-corrected chi connectivity index (χ4v) is 3.64. The summed E-state index contributed by atoms with van der Waals surface area (Å²) < 4.78 is 5.27. The van der Waals surface area contributed by atoms with Crippen molar-refractivity contribution in [1.29, 1.82) is 0 Å². The van der Waals surface area contributed by atoms with Gasteiger partial charge in [-0.1, -0.05) is 30.0 Å². The van der Waals surface area contributed by atoms with Gasteiger partial charge in [0.25, 0.3) is 0 Å². The molecule has 1 aromatic carbocycles. The molecule has 2 N–H and O–H groups in total. The van der Waals surface area contributed by atoms with E-state index < -0.39 is 5.91 Å². The van der Waals surface area contributed by atoms with Crippen molar-refractivity contribution in [1.82, 2.24) is 9.88 Å². The van der Waals surface area contributed by atoms with Gasteiger partial charge in [-0.3, -0.25) is 9.59 Å². The van der Waals surface area contributed by atoms with Gasteiger partial charge in [0.15, 0.2) is 0 Å². The van der Waals surface area contributed by atoms with E-state index in [1.165, 1.54) is 11.8 Å². The number of hydrogen-bond acceptors (Lipinski definition) is 5. The highest BCUT2D eigenvalue weighted by Gasteiger charge is 2.24. The van der Waals surface area contributed by atoms with Crippen molar-refractivity contribution in [2.75, 3.05) is 26.3 Å². The molecule has 2 heterocycles. The van der Waals surface area contributed by atoms with Crippen LogP contribution in [0.3, 0.4) is 0 Å². The Bertz CT molecular complexity index is 775. The van der Waals surface area contributed by atoms with Crippen LogP contribution in [0.15, 0.2) is 35.4 Å². The van der Waals surface area contributed by atoms with E-state index in [4.69, 9.17) is 10.5 Å². The fourth-order valence-electron chi connectivity index (χ4n) is 2.69. The lowest BCUT2D eigenvalue weighted by molar-refractivity contribution is -0.134. The van der Waals surface area contributed by atoms with Crippen LogP contribution in [0.4, 0.5) is 0 Å². The lowest BCUT2D eigenvalue weighted by Gasteiger charge is -2.29. The Labute approximate surface area is 144 Å². The zero-order valence-corrected chi connectivity index (χ0v) is 14.2. The number of benzene rings is 1. The summed E-state index contributed by atoms with van der Waals surface area (Å²) in [6, 6.07) is 9.02. The van der Waals surface area contributed by atoms with Crippen LogP contribution in [-0.4, -0.2) is 53.3 Å². The number of fused-ring (bicyclic) bond motifs is 1. The van der Waals surface area contributed by atoms with Gasteiger partial charge in [-0.2, -0.15) is 0 Å². The van der Waals surface area contributed by atoms with E-state index in [2.05, 4.69) is 4.98 Å². The van der Waals surface area contributed by atoms with Crippen LogP contribution in [0.25, 0.3) is 10.9 Å². The second-order valence-corrected chi connectivity index (χ2v) is 6.95. The van der Waals surface area contributed by atoms with Gasteiger partial charge in [0.2, 0.25) is 11.8 Å². The highest BCUT2D eigenvalue weighted by atomic mass is 32.2. The normalized spacial score (nSPS) is 16.1. The van der Waals surface area contributed by atoms with Crippen LogP contribution in [-0.2, 0) is 9.53 Å². The molecule has 2 amide bonds. The lowest BCUT2D eigenvalue weighted by atomic mass is 10.1. The predicted molar refractivity (Wildman–Crippen MR) is 93.0 cm³/mol. The first kappa shape index (κ1) is 16.7. The molecular formula is C17H19N3O3S. The van der Waals surface area contributed by atoms with Crippen molar-refractivity contribution < 1.29 is 14.3 Å². The molecule has 2 aromatic rings. The van der Waals surface area contributed by atoms with E-state index >= 15 is 0 Å². The fraction of sp³-hybridized carbons (Fsp3) is 0.353. The van der Waals surface area contributed by atoms with Crippen LogP contribution in [0.5, 0.6) is 0 Å². The molecule has 1 aliphatic rings. The Morgan fingerprint density at radius 3 is 2.71 bits per heavy atom. The molecule has 1 fully saturated rings. The number of carbonyl (C=O) groups is 2. The standard InChI is InChI=1S/C17H19N3O3S/c1-11(17(22)20-6-8-23-9-7-20)24-15-10-13(16(18)21)12-4-2-3-5-14(12)19-15/h2-5,10-11H,6-9H2,1H3,(H2,18,21)/t11-/m0/s1. The van der Waals surface area contributed by atoms with Crippen molar-refractivity contribution in [2.24, 2.45) is 5.73 Å². The first-order valence-corrected chi connectivity index (χ1v) is 8.67. The van der Waals surface area contributed by atoms with Crippen LogP contribution in [0.2, 0.25) is 0 Å². The summed E-state index contributed by atoms with van der Waals surface area (Å²) in [5.74, 6) is -0.443. The Kier molecular flexibility index (Phi) is 5.01. The minimum Gasteiger partial charge on any atom is -0.378 e. The average molecular weight is 345 g/mol. The summed E-state index contributed by atoms with van der Waals surface area (Å²) >= 11 is 1.34. The maximum Gasteiger partial charge on any atom is 0.249 e. The first-order valence-electron chi connectivity index (χ1n) is 7.79. The van der Waals surface area contributed by atoms with Gasteiger partial charge >= 0.3 is 0 Å². The number of ether oxygens (including phenoxy) is 1. The van der Waals surface area contributed by atoms with E-state index in [1.54, 1.807) is 11.0 Å². The highest BCUT2D eigenvalue weighted by Crippen LogP contribution is 2.27. The average Bonchev–Trinajstić information content (AvgIpc) is 2.61. The number of carbonyl (C=O) groups excluding carboxylic acids is 2. The monoisotopic (exact) mass is 345 g/mol. The van der Waals surface area contributed by atoms with Gasteiger partial charge in [0.05, 0.1) is 34.6 Å². The highest BCUT2D eigenvalue weighted by molar-refractivity contribution is 8.00. The molecule has 1 atom stereocenters. The molecule has 1 aliphatic heterocycles. The molecule has 1 saturated heterocycles. The van der Waals surface area contributed by atoms with E-state index in [1.807, 2.05) is 31.2 Å². The second kappa shape index (κ2) is 7.19. The maximum atomic E-state index is 12.5. The smallest absolute Gasteiger partial charge is 0.249 e. The Hall–Kier alpha value is -2.12. The van der Waals surface area contributed by atoms with E-state index in [-0.39, 0.29) is 11.2 Å². The topological polar surface area (TPSA) is 85.5 Å². The number of rotatable bonds is 4. The predicted octanol–water partition coefficient (Wildman–Crippen LogP) is 1.67. The molecule has 126 valence electrons. The number of amides is 2. The number of thioether (sulfide) groups is 1. The zero-order chi connectivity index (χ0) is 17.1. The molecular weight excluding hydrogens is 326 g/mol. The third-order valence-electron chi connectivity index (χ3n) is 3.93. The quantitative estimate of drug-likeness (QED) is 0.852. The number of morpholine rings is 1. The van der Waals surface area contributed by atoms with Crippen LogP contribution >= 0.6 is 11.8 Å². The minimum atomic E-state index is -0.498. The van der Waals surface area contributed by atoms with Crippen molar-refractivity contribution in [2.45, 2.75) is 17.2 Å². The number of nitrogens with two attached hydrogens (primary N) is 1. The van der Waals surface area contributed by atoms with Crippen LogP contribution < -0.4 is 5.73 Å². The van der Waals surface area contributed by atoms with Crippen molar-refractivity contribution in [3.8, 4) is 0 Å². The number of nitrogens with zero attached hydrogens (tertiary/aromatic N) is 2. The van der Waals surface area contributed by atoms with Gasteiger partial charge < -0.3 is 15.4 Å². The third kappa shape index (κ3) is 3.52. The molecule has 0 spiro atoms. The molecule has 7 heteroatoms.